The molecule has 0 aliphatic rings. The number of aryl methyl sites for hydroxylation is 1. The van der Waals surface area contributed by atoms with Gasteiger partial charge in [0.05, 0.1) is 6.20 Å². The molecule has 0 radical (unpaired) electrons. The van der Waals surface area contributed by atoms with Crippen molar-refractivity contribution in [1.82, 2.24) is 9.97 Å². The highest BCUT2D eigenvalue weighted by molar-refractivity contribution is 5.30. The minimum atomic E-state index is -0.240. The Labute approximate surface area is 70.8 Å². The Morgan fingerprint density at radius 1 is 1.67 bits per heavy atom. The van der Waals surface area contributed by atoms with Gasteiger partial charge in [-0.25, -0.2) is 4.98 Å². The standard InChI is InChI=1S/C8H13N3O/c1-2-3-4-7-10-5-6(9)8(12)11-7/h5H,2-4,9H2,1H3,(H,10,11,12). The lowest BCUT2D eigenvalue weighted by Gasteiger charge is -1.98. The van der Waals surface area contributed by atoms with Crippen LogP contribution < -0.4 is 11.3 Å². The van der Waals surface area contributed by atoms with Gasteiger partial charge in [-0.1, -0.05) is 13.3 Å². The molecular weight excluding hydrogens is 154 g/mol. The molecule has 0 spiro atoms. The Hall–Kier alpha value is -1.32. The van der Waals surface area contributed by atoms with E-state index in [0.717, 1.165) is 25.1 Å². The summed E-state index contributed by atoms with van der Waals surface area (Å²) in [5.41, 5.74) is 5.25. The number of hydrogen-bond acceptors (Lipinski definition) is 3. The van der Waals surface area contributed by atoms with E-state index < -0.39 is 0 Å². The smallest absolute Gasteiger partial charge is 0.274 e. The molecule has 0 fully saturated rings. The van der Waals surface area contributed by atoms with E-state index in [1.165, 1.54) is 6.20 Å². The van der Waals surface area contributed by atoms with Crippen LogP contribution in [0.25, 0.3) is 0 Å². The van der Waals surface area contributed by atoms with Crippen LogP contribution in [0.2, 0.25) is 0 Å². The van der Waals surface area contributed by atoms with Crippen LogP contribution in [-0.4, -0.2) is 9.97 Å². The molecule has 0 bridgehead atoms. The fraction of sp³-hybridized carbons (Fsp3) is 0.500. The topological polar surface area (TPSA) is 71.8 Å². The summed E-state index contributed by atoms with van der Waals surface area (Å²) in [6.45, 7) is 2.09. The number of H-pyrrole nitrogens is 1. The van der Waals surface area contributed by atoms with Crippen molar-refractivity contribution in [2.24, 2.45) is 0 Å². The van der Waals surface area contributed by atoms with Crippen LogP contribution in [0, 0.1) is 0 Å². The second kappa shape index (κ2) is 3.90. The third-order valence-corrected chi connectivity index (χ3v) is 1.65. The van der Waals surface area contributed by atoms with Crippen molar-refractivity contribution >= 4 is 5.69 Å². The first-order valence-corrected chi connectivity index (χ1v) is 4.07. The molecule has 12 heavy (non-hydrogen) atoms. The van der Waals surface area contributed by atoms with Crippen molar-refractivity contribution < 1.29 is 0 Å². The van der Waals surface area contributed by atoms with Gasteiger partial charge >= 0.3 is 0 Å². The minimum Gasteiger partial charge on any atom is -0.393 e. The van der Waals surface area contributed by atoms with Crippen molar-refractivity contribution in [1.29, 1.82) is 0 Å². The van der Waals surface area contributed by atoms with Crippen LogP contribution in [0.4, 0.5) is 5.69 Å². The average Bonchev–Trinajstić information content (AvgIpc) is 2.07. The van der Waals surface area contributed by atoms with Gasteiger partial charge in [0.1, 0.15) is 11.5 Å². The molecule has 1 aromatic heterocycles. The van der Waals surface area contributed by atoms with E-state index >= 15 is 0 Å². The van der Waals surface area contributed by atoms with E-state index in [9.17, 15) is 4.79 Å². The maximum absolute atomic E-state index is 11.0. The molecular formula is C8H13N3O. The highest BCUT2D eigenvalue weighted by Gasteiger charge is 1.97. The number of hydrogen-bond donors (Lipinski definition) is 2. The summed E-state index contributed by atoms with van der Waals surface area (Å²) in [4.78, 5) is 17.6. The lowest BCUT2D eigenvalue weighted by Crippen LogP contribution is -2.14. The van der Waals surface area contributed by atoms with Crippen LogP contribution in [-0.2, 0) is 6.42 Å². The van der Waals surface area contributed by atoms with E-state index in [-0.39, 0.29) is 11.2 Å². The summed E-state index contributed by atoms with van der Waals surface area (Å²) >= 11 is 0. The van der Waals surface area contributed by atoms with Gasteiger partial charge in [-0.3, -0.25) is 4.79 Å². The Morgan fingerprint density at radius 2 is 2.42 bits per heavy atom. The molecule has 0 saturated heterocycles. The third-order valence-electron chi connectivity index (χ3n) is 1.65. The summed E-state index contributed by atoms with van der Waals surface area (Å²) < 4.78 is 0. The van der Waals surface area contributed by atoms with Gasteiger partial charge in [-0.2, -0.15) is 0 Å². The minimum absolute atomic E-state index is 0.176. The Kier molecular flexibility index (Phi) is 2.85. The van der Waals surface area contributed by atoms with E-state index in [1.807, 2.05) is 0 Å². The predicted molar refractivity (Wildman–Crippen MR) is 47.9 cm³/mol. The maximum atomic E-state index is 11.0. The summed E-state index contributed by atoms with van der Waals surface area (Å²) in [5.74, 6) is 0.719. The second-order valence-corrected chi connectivity index (χ2v) is 2.72. The maximum Gasteiger partial charge on any atom is 0.274 e. The van der Waals surface area contributed by atoms with Crippen LogP contribution in [0.3, 0.4) is 0 Å². The van der Waals surface area contributed by atoms with Gasteiger partial charge in [-0.05, 0) is 6.42 Å². The largest absolute Gasteiger partial charge is 0.393 e. The van der Waals surface area contributed by atoms with Crippen LogP contribution >= 0.6 is 0 Å². The first-order chi connectivity index (χ1) is 5.74. The normalized spacial score (nSPS) is 10.1. The molecule has 0 unspecified atom stereocenters. The van der Waals surface area contributed by atoms with Crippen LogP contribution in [0.1, 0.15) is 25.6 Å². The van der Waals surface area contributed by atoms with Gasteiger partial charge in [0.2, 0.25) is 0 Å². The molecule has 4 nitrogen and oxygen atoms in total. The van der Waals surface area contributed by atoms with E-state index in [0.29, 0.717) is 0 Å². The molecule has 0 amide bonds. The Bertz CT molecular complexity index is 305. The molecule has 0 atom stereocenters. The van der Waals surface area contributed by atoms with E-state index in [2.05, 4.69) is 16.9 Å². The van der Waals surface area contributed by atoms with Gasteiger partial charge in [-0.15, -0.1) is 0 Å². The SMILES string of the molecule is CCCCc1ncc(N)c(=O)[nH]1. The Morgan fingerprint density at radius 3 is 3.00 bits per heavy atom. The summed E-state index contributed by atoms with van der Waals surface area (Å²) in [6, 6.07) is 0. The van der Waals surface area contributed by atoms with Crippen molar-refractivity contribution in [3.05, 3.63) is 22.4 Å². The summed E-state index contributed by atoms with van der Waals surface area (Å²) in [7, 11) is 0. The fourth-order valence-corrected chi connectivity index (χ4v) is 0.913. The average molecular weight is 167 g/mol. The number of anilines is 1. The number of nitrogens with zero attached hydrogens (tertiary/aromatic N) is 1. The molecule has 1 aromatic rings. The van der Waals surface area contributed by atoms with Crippen molar-refractivity contribution in [2.45, 2.75) is 26.2 Å². The van der Waals surface area contributed by atoms with Gasteiger partial charge in [0.15, 0.2) is 0 Å². The molecule has 4 heteroatoms. The zero-order valence-electron chi connectivity index (χ0n) is 7.13. The van der Waals surface area contributed by atoms with Crippen molar-refractivity contribution in [2.75, 3.05) is 5.73 Å². The number of nitrogens with two attached hydrogens (primary N) is 1. The lowest BCUT2D eigenvalue weighted by atomic mass is 10.2. The predicted octanol–water partition coefficient (Wildman–Crippen LogP) is 0.695. The molecule has 0 aromatic carbocycles. The molecule has 1 heterocycles. The summed E-state index contributed by atoms with van der Waals surface area (Å²) in [6.07, 6.45) is 4.34. The number of nitrogen functional groups attached to an aromatic ring is 1. The summed E-state index contributed by atoms with van der Waals surface area (Å²) in [5, 5.41) is 0. The number of aromatic amines is 1. The third kappa shape index (κ3) is 2.08. The second-order valence-electron chi connectivity index (χ2n) is 2.72. The quantitative estimate of drug-likeness (QED) is 0.695. The molecule has 66 valence electrons. The zero-order valence-corrected chi connectivity index (χ0v) is 7.13. The van der Waals surface area contributed by atoms with E-state index in [4.69, 9.17) is 5.73 Å². The van der Waals surface area contributed by atoms with Crippen molar-refractivity contribution in [3.63, 3.8) is 0 Å². The first-order valence-electron chi connectivity index (χ1n) is 4.07. The number of nitrogens with one attached hydrogen (secondary N) is 1. The molecule has 1 rings (SSSR count). The monoisotopic (exact) mass is 167 g/mol. The van der Waals surface area contributed by atoms with Gasteiger partial charge in [0, 0.05) is 6.42 Å². The van der Waals surface area contributed by atoms with Crippen LogP contribution in [0.15, 0.2) is 11.0 Å². The molecule has 3 N–H and O–H groups in total. The van der Waals surface area contributed by atoms with Gasteiger partial charge in [0.25, 0.3) is 5.56 Å². The molecule has 0 aliphatic carbocycles. The zero-order chi connectivity index (χ0) is 8.97. The highest BCUT2D eigenvalue weighted by atomic mass is 16.1. The number of unbranched alkanes of at least 4 members (excludes halogenated alkanes) is 1. The lowest BCUT2D eigenvalue weighted by molar-refractivity contribution is 0.749. The van der Waals surface area contributed by atoms with Crippen molar-refractivity contribution in [3.8, 4) is 0 Å². The van der Waals surface area contributed by atoms with Gasteiger partial charge < -0.3 is 10.7 Å². The molecule has 0 aliphatic heterocycles. The first kappa shape index (κ1) is 8.77. The van der Waals surface area contributed by atoms with E-state index in [1.54, 1.807) is 0 Å². The fourth-order valence-electron chi connectivity index (χ4n) is 0.913. The Balaban J connectivity index is 2.76. The molecule has 0 saturated carbocycles. The highest BCUT2D eigenvalue weighted by Crippen LogP contribution is 1.96. The number of aromatic nitrogens is 2. The number of rotatable bonds is 3. The van der Waals surface area contributed by atoms with Crippen LogP contribution in [0.5, 0.6) is 0 Å².